The maximum Gasteiger partial charge on any atom is 0.330 e. The van der Waals surface area contributed by atoms with Crippen molar-refractivity contribution in [1.82, 2.24) is 0 Å². The number of benzene rings is 2. The van der Waals surface area contributed by atoms with E-state index in [2.05, 4.69) is 0 Å². The van der Waals surface area contributed by atoms with E-state index in [0.29, 0.717) is 23.6 Å². The summed E-state index contributed by atoms with van der Waals surface area (Å²) in [5.74, 6) is 0.495. The highest BCUT2D eigenvalue weighted by atomic mass is 35.5. The van der Waals surface area contributed by atoms with Crippen molar-refractivity contribution in [3.63, 3.8) is 0 Å². The third kappa shape index (κ3) is 6.81. The van der Waals surface area contributed by atoms with Gasteiger partial charge in [0.25, 0.3) is 0 Å². The number of ketones is 1. The second-order valence-corrected chi connectivity index (χ2v) is 5.52. The summed E-state index contributed by atoms with van der Waals surface area (Å²) in [6.45, 7) is 0.380. The fourth-order valence-electron chi connectivity index (χ4n) is 2.05. The van der Waals surface area contributed by atoms with Gasteiger partial charge < -0.3 is 9.47 Å². The zero-order valence-electron chi connectivity index (χ0n) is 13.7. The highest BCUT2D eigenvalue weighted by Crippen LogP contribution is 2.13. The van der Waals surface area contributed by atoms with E-state index in [1.165, 1.54) is 6.08 Å². The van der Waals surface area contributed by atoms with Crippen LogP contribution in [0, 0.1) is 0 Å². The highest BCUT2D eigenvalue weighted by molar-refractivity contribution is 6.19. The first-order valence-electron chi connectivity index (χ1n) is 7.91. The number of rotatable bonds is 9. The van der Waals surface area contributed by atoms with Crippen molar-refractivity contribution in [2.45, 2.75) is 6.42 Å². The van der Waals surface area contributed by atoms with Gasteiger partial charge in [-0.15, -0.1) is 11.6 Å². The fraction of sp³-hybridized carbons (Fsp3) is 0.200. The molecule has 2 rings (SSSR count). The molecular formula is C20H19ClO4. The summed E-state index contributed by atoms with van der Waals surface area (Å²) in [5.41, 5.74) is 1.53. The normalized spacial score (nSPS) is 10.6. The fourth-order valence-corrected chi connectivity index (χ4v) is 2.22. The number of hydrogen-bond acceptors (Lipinski definition) is 4. The molecule has 0 fully saturated rings. The predicted octanol–water partition coefficient (Wildman–Crippen LogP) is 4.13. The van der Waals surface area contributed by atoms with Gasteiger partial charge in [0.1, 0.15) is 19.0 Å². The summed E-state index contributed by atoms with van der Waals surface area (Å²) in [6.07, 6.45) is 3.39. The average Bonchev–Trinajstić information content (AvgIpc) is 2.65. The predicted molar refractivity (Wildman–Crippen MR) is 98.0 cm³/mol. The van der Waals surface area contributed by atoms with E-state index in [-0.39, 0.29) is 19.0 Å². The van der Waals surface area contributed by atoms with Gasteiger partial charge in [-0.05, 0) is 35.9 Å². The quantitative estimate of drug-likeness (QED) is 0.222. The molecule has 0 atom stereocenters. The molecule has 0 heterocycles. The summed E-state index contributed by atoms with van der Waals surface area (Å²) in [4.78, 5) is 23.3. The molecule has 2 aromatic carbocycles. The van der Waals surface area contributed by atoms with Gasteiger partial charge in [0.05, 0.1) is 0 Å². The van der Waals surface area contributed by atoms with Crippen LogP contribution < -0.4 is 4.74 Å². The number of carbonyl (C=O) groups is 2. The van der Waals surface area contributed by atoms with E-state index in [9.17, 15) is 9.59 Å². The van der Waals surface area contributed by atoms with Gasteiger partial charge in [-0.1, -0.05) is 30.3 Å². The van der Waals surface area contributed by atoms with Gasteiger partial charge in [0, 0.05) is 23.9 Å². The second-order valence-electron chi connectivity index (χ2n) is 5.15. The van der Waals surface area contributed by atoms with E-state index in [4.69, 9.17) is 21.1 Å². The minimum atomic E-state index is -0.422. The summed E-state index contributed by atoms with van der Waals surface area (Å²) < 4.78 is 10.5. The molecule has 2 aromatic rings. The molecule has 0 bridgehead atoms. The highest BCUT2D eigenvalue weighted by Gasteiger charge is 2.05. The third-order valence-corrected chi connectivity index (χ3v) is 3.49. The van der Waals surface area contributed by atoms with E-state index in [0.717, 1.165) is 5.56 Å². The molecule has 0 unspecified atom stereocenters. The minimum Gasteiger partial charge on any atom is -0.490 e. The van der Waals surface area contributed by atoms with Crippen LogP contribution in [0.15, 0.2) is 60.7 Å². The maximum absolute atomic E-state index is 11.7. The van der Waals surface area contributed by atoms with Crippen LogP contribution in [0.1, 0.15) is 22.3 Å². The Bertz CT molecular complexity index is 708. The molecule has 0 saturated heterocycles. The van der Waals surface area contributed by atoms with E-state index >= 15 is 0 Å². The Balaban J connectivity index is 1.69. The third-order valence-electron chi connectivity index (χ3n) is 3.31. The van der Waals surface area contributed by atoms with Gasteiger partial charge in [-0.2, -0.15) is 0 Å². The van der Waals surface area contributed by atoms with Crippen LogP contribution in [0.25, 0.3) is 6.08 Å². The summed E-state index contributed by atoms with van der Waals surface area (Å²) in [6, 6.07) is 16.3. The molecule has 0 aliphatic carbocycles. The van der Waals surface area contributed by atoms with Crippen molar-refractivity contribution >= 4 is 29.4 Å². The Morgan fingerprint density at radius 2 is 1.68 bits per heavy atom. The van der Waals surface area contributed by atoms with Crippen molar-refractivity contribution in [3.05, 3.63) is 71.8 Å². The van der Waals surface area contributed by atoms with Crippen molar-refractivity contribution in [2.24, 2.45) is 0 Å². The molecule has 0 saturated carbocycles. The lowest BCUT2D eigenvalue weighted by Gasteiger charge is -2.07. The molecule has 0 radical (unpaired) electrons. The monoisotopic (exact) mass is 358 g/mol. The molecule has 4 nitrogen and oxygen atoms in total. The van der Waals surface area contributed by atoms with Gasteiger partial charge >= 0.3 is 5.97 Å². The molecule has 5 heteroatoms. The number of alkyl halides is 1. The molecule has 0 aliphatic rings. The first-order chi connectivity index (χ1) is 12.2. The number of Topliss-reactive ketones (excluding diaryl/α,β-unsaturated/α-hetero) is 1. The van der Waals surface area contributed by atoms with Crippen LogP contribution in [0.3, 0.4) is 0 Å². The lowest BCUT2D eigenvalue weighted by Crippen LogP contribution is -2.10. The first-order valence-corrected chi connectivity index (χ1v) is 8.44. The first kappa shape index (κ1) is 18.7. The zero-order chi connectivity index (χ0) is 17.9. The van der Waals surface area contributed by atoms with Crippen LogP contribution in [0.5, 0.6) is 5.75 Å². The van der Waals surface area contributed by atoms with E-state index < -0.39 is 5.97 Å². The number of carbonyl (C=O) groups excluding carboxylic acids is 2. The van der Waals surface area contributed by atoms with Crippen molar-refractivity contribution in [2.75, 3.05) is 19.1 Å². The Morgan fingerprint density at radius 3 is 2.36 bits per heavy atom. The molecule has 25 heavy (non-hydrogen) atoms. The van der Waals surface area contributed by atoms with Gasteiger partial charge in [-0.3, -0.25) is 4.79 Å². The largest absolute Gasteiger partial charge is 0.490 e. The topological polar surface area (TPSA) is 52.6 Å². The lowest BCUT2D eigenvalue weighted by molar-refractivity contribution is -0.138. The van der Waals surface area contributed by atoms with Crippen LogP contribution in [0.4, 0.5) is 0 Å². The molecule has 0 spiro atoms. The maximum atomic E-state index is 11.7. The molecule has 0 aromatic heterocycles. The summed E-state index contributed by atoms with van der Waals surface area (Å²) in [5, 5.41) is 0. The molecule has 0 N–H and O–H groups in total. The summed E-state index contributed by atoms with van der Waals surface area (Å²) >= 11 is 5.55. The van der Waals surface area contributed by atoms with Gasteiger partial charge in [0.15, 0.2) is 5.78 Å². The van der Waals surface area contributed by atoms with E-state index in [1.54, 1.807) is 30.3 Å². The summed E-state index contributed by atoms with van der Waals surface area (Å²) in [7, 11) is 0. The average molecular weight is 359 g/mol. The van der Waals surface area contributed by atoms with Gasteiger partial charge in [-0.25, -0.2) is 4.79 Å². The van der Waals surface area contributed by atoms with Crippen LogP contribution in [-0.2, 0) is 9.53 Å². The number of hydrogen-bond donors (Lipinski definition) is 0. The lowest BCUT2D eigenvalue weighted by atomic mass is 10.1. The zero-order valence-corrected chi connectivity index (χ0v) is 14.4. The molecule has 0 aliphatic heterocycles. The number of ether oxygens (including phenoxy) is 2. The second kappa shape index (κ2) is 10.3. The Labute approximate surface area is 152 Å². The van der Waals surface area contributed by atoms with Gasteiger partial charge in [0.2, 0.25) is 0 Å². The molecule has 130 valence electrons. The Morgan fingerprint density at radius 1 is 0.960 bits per heavy atom. The smallest absolute Gasteiger partial charge is 0.330 e. The van der Waals surface area contributed by atoms with Crippen LogP contribution in [-0.4, -0.2) is 30.8 Å². The Kier molecular flexibility index (Phi) is 7.73. The standard InChI is InChI=1S/C20H19ClO4/c21-13-12-19(22)17-7-9-18(10-8-17)24-14-15-25-20(23)11-6-16-4-2-1-3-5-16/h1-11H,12-15H2. The number of halogens is 1. The molecule has 0 amide bonds. The van der Waals surface area contributed by atoms with Crippen LogP contribution in [0.2, 0.25) is 0 Å². The van der Waals surface area contributed by atoms with Crippen molar-refractivity contribution in [1.29, 1.82) is 0 Å². The van der Waals surface area contributed by atoms with Crippen molar-refractivity contribution < 1.29 is 19.1 Å². The molecular weight excluding hydrogens is 340 g/mol. The SMILES string of the molecule is O=C(C=Cc1ccccc1)OCCOc1ccc(C(=O)CCCl)cc1. The van der Waals surface area contributed by atoms with E-state index in [1.807, 2.05) is 30.3 Å². The Hall–Kier alpha value is -2.59. The minimum absolute atomic E-state index is 0.000633. The van der Waals surface area contributed by atoms with Crippen LogP contribution >= 0.6 is 11.6 Å². The van der Waals surface area contributed by atoms with Crippen molar-refractivity contribution in [3.8, 4) is 5.75 Å². The number of esters is 1.